The normalized spacial score (nSPS) is 10.5. The fraction of sp³-hybridized carbons (Fsp3) is 0.133. The Morgan fingerprint density at radius 2 is 1.86 bits per heavy atom. The number of rotatable bonds is 4. The second kappa shape index (κ2) is 6.15. The van der Waals surface area contributed by atoms with E-state index in [0.29, 0.717) is 17.6 Å². The van der Waals surface area contributed by atoms with Crippen LogP contribution in [-0.4, -0.2) is 15.1 Å². The monoisotopic (exact) mass is 359 g/mol. The van der Waals surface area contributed by atoms with Gasteiger partial charge in [0, 0.05) is 28.0 Å². The predicted octanol–water partition coefficient (Wildman–Crippen LogP) is 4.33. The first kappa shape index (κ1) is 14.5. The van der Waals surface area contributed by atoms with Gasteiger partial charge >= 0.3 is 0 Å². The molecule has 3 rings (SSSR count). The summed E-state index contributed by atoms with van der Waals surface area (Å²) < 4.78 is 6.02. The third-order valence-electron chi connectivity index (χ3n) is 2.82. The van der Waals surface area contributed by atoms with Crippen molar-refractivity contribution in [1.82, 2.24) is 15.1 Å². The largest absolute Gasteiger partial charge is 0.360 e. The Bertz CT molecular complexity index is 802. The van der Waals surface area contributed by atoms with Crippen LogP contribution in [0.2, 0.25) is 0 Å². The number of anilines is 4. The predicted molar refractivity (Wildman–Crippen MR) is 88.7 cm³/mol. The highest BCUT2D eigenvalue weighted by Crippen LogP contribution is 2.21. The number of nitrogens with one attached hydrogen (secondary N) is 2. The van der Waals surface area contributed by atoms with Crippen LogP contribution in [0.15, 0.2) is 45.4 Å². The Hall–Kier alpha value is -2.41. The molecule has 22 heavy (non-hydrogen) atoms. The zero-order chi connectivity index (χ0) is 15.5. The van der Waals surface area contributed by atoms with Crippen molar-refractivity contribution in [3.63, 3.8) is 0 Å². The number of hydrogen-bond donors (Lipinski definition) is 2. The van der Waals surface area contributed by atoms with E-state index < -0.39 is 0 Å². The summed E-state index contributed by atoms with van der Waals surface area (Å²) in [6, 6.07) is 11.5. The molecular formula is C15H14BrN5O. The van der Waals surface area contributed by atoms with Gasteiger partial charge in [-0.25, -0.2) is 4.98 Å². The third kappa shape index (κ3) is 3.62. The number of benzene rings is 1. The molecule has 6 nitrogen and oxygen atoms in total. The molecule has 0 unspecified atom stereocenters. The van der Waals surface area contributed by atoms with Gasteiger partial charge < -0.3 is 15.2 Å². The van der Waals surface area contributed by atoms with Crippen molar-refractivity contribution < 1.29 is 4.52 Å². The molecule has 0 aliphatic heterocycles. The van der Waals surface area contributed by atoms with Gasteiger partial charge in [0.25, 0.3) is 0 Å². The highest BCUT2D eigenvalue weighted by Gasteiger charge is 2.06. The Labute approximate surface area is 136 Å². The van der Waals surface area contributed by atoms with Crippen LogP contribution in [0.25, 0.3) is 0 Å². The van der Waals surface area contributed by atoms with Crippen molar-refractivity contribution in [2.24, 2.45) is 0 Å². The van der Waals surface area contributed by atoms with Gasteiger partial charge in [0.15, 0.2) is 5.82 Å². The summed E-state index contributed by atoms with van der Waals surface area (Å²) in [4.78, 5) is 8.78. The van der Waals surface area contributed by atoms with Gasteiger partial charge in [0.05, 0.1) is 0 Å². The summed E-state index contributed by atoms with van der Waals surface area (Å²) >= 11 is 3.45. The van der Waals surface area contributed by atoms with E-state index in [0.717, 1.165) is 21.6 Å². The molecule has 2 N–H and O–H groups in total. The van der Waals surface area contributed by atoms with Crippen LogP contribution >= 0.6 is 15.9 Å². The maximum absolute atomic E-state index is 5.02. The van der Waals surface area contributed by atoms with E-state index in [2.05, 4.69) is 41.7 Å². The van der Waals surface area contributed by atoms with E-state index >= 15 is 0 Å². The number of aryl methyl sites for hydroxylation is 2. The number of aromatic nitrogens is 3. The zero-order valence-corrected chi connectivity index (χ0v) is 13.7. The fourth-order valence-electron chi connectivity index (χ4n) is 1.94. The first-order chi connectivity index (χ1) is 10.6. The van der Waals surface area contributed by atoms with Gasteiger partial charge in [0.1, 0.15) is 11.6 Å². The average molecular weight is 360 g/mol. The number of halogens is 1. The van der Waals surface area contributed by atoms with Crippen molar-refractivity contribution >= 4 is 39.2 Å². The van der Waals surface area contributed by atoms with Crippen LogP contribution < -0.4 is 10.6 Å². The average Bonchev–Trinajstić information content (AvgIpc) is 2.83. The summed E-state index contributed by atoms with van der Waals surface area (Å²) in [5, 5.41) is 10.2. The van der Waals surface area contributed by atoms with Gasteiger partial charge in [-0.2, -0.15) is 4.98 Å². The molecule has 3 aromatic rings. The van der Waals surface area contributed by atoms with Crippen molar-refractivity contribution in [2.45, 2.75) is 13.8 Å². The van der Waals surface area contributed by atoms with E-state index in [1.54, 1.807) is 6.07 Å². The Morgan fingerprint density at radius 1 is 1.00 bits per heavy atom. The van der Waals surface area contributed by atoms with Crippen LogP contribution in [0.5, 0.6) is 0 Å². The van der Waals surface area contributed by atoms with Crippen LogP contribution in [0.1, 0.15) is 11.5 Å². The number of nitrogens with zero attached hydrogens (tertiary/aromatic N) is 3. The maximum Gasteiger partial charge on any atom is 0.230 e. The lowest BCUT2D eigenvalue weighted by Crippen LogP contribution is -2.02. The summed E-state index contributed by atoms with van der Waals surface area (Å²) in [6.45, 7) is 3.74. The van der Waals surface area contributed by atoms with Gasteiger partial charge in [-0.1, -0.05) is 27.2 Å². The number of hydrogen-bond acceptors (Lipinski definition) is 6. The molecule has 112 valence electrons. The van der Waals surface area contributed by atoms with Crippen LogP contribution in [0, 0.1) is 13.8 Å². The van der Waals surface area contributed by atoms with Gasteiger partial charge in [-0.15, -0.1) is 0 Å². The van der Waals surface area contributed by atoms with E-state index in [9.17, 15) is 0 Å². The SMILES string of the molecule is Cc1cc(Nc2cccc(Br)c2)nc(Nc2cc(C)on2)n1. The first-order valence-corrected chi connectivity index (χ1v) is 7.46. The lowest BCUT2D eigenvalue weighted by molar-refractivity contribution is 0.400. The topological polar surface area (TPSA) is 75.9 Å². The quantitative estimate of drug-likeness (QED) is 0.721. The molecule has 0 radical (unpaired) electrons. The summed E-state index contributed by atoms with van der Waals surface area (Å²) in [7, 11) is 0. The Morgan fingerprint density at radius 3 is 2.59 bits per heavy atom. The Balaban J connectivity index is 1.83. The van der Waals surface area contributed by atoms with Gasteiger partial charge in [-0.3, -0.25) is 0 Å². The molecule has 0 bridgehead atoms. The third-order valence-corrected chi connectivity index (χ3v) is 3.31. The molecule has 0 saturated heterocycles. The minimum atomic E-state index is 0.464. The molecule has 0 fully saturated rings. The highest BCUT2D eigenvalue weighted by molar-refractivity contribution is 9.10. The van der Waals surface area contributed by atoms with Crippen LogP contribution in [0.3, 0.4) is 0 Å². The Kier molecular flexibility index (Phi) is 4.06. The second-order valence-electron chi connectivity index (χ2n) is 4.80. The molecule has 0 aliphatic rings. The van der Waals surface area contributed by atoms with E-state index in [4.69, 9.17) is 4.52 Å². The standard InChI is InChI=1S/C15H14BrN5O/c1-9-6-13(18-12-5-3-4-11(16)8-12)19-15(17-9)20-14-7-10(2)22-21-14/h3-8H,1-2H3,(H2,17,18,19,20,21). The van der Waals surface area contributed by atoms with Crippen molar-refractivity contribution in [1.29, 1.82) is 0 Å². The molecule has 0 amide bonds. The maximum atomic E-state index is 5.02. The minimum absolute atomic E-state index is 0.464. The van der Waals surface area contributed by atoms with E-state index in [1.165, 1.54) is 0 Å². The smallest absolute Gasteiger partial charge is 0.230 e. The highest BCUT2D eigenvalue weighted by atomic mass is 79.9. The summed E-state index contributed by atoms with van der Waals surface area (Å²) in [6.07, 6.45) is 0. The second-order valence-corrected chi connectivity index (χ2v) is 5.72. The molecule has 0 saturated carbocycles. The van der Waals surface area contributed by atoms with Gasteiger partial charge in [-0.05, 0) is 32.0 Å². The van der Waals surface area contributed by atoms with E-state index in [1.807, 2.05) is 44.2 Å². The van der Waals surface area contributed by atoms with Crippen molar-refractivity contribution in [3.8, 4) is 0 Å². The van der Waals surface area contributed by atoms with Crippen molar-refractivity contribution in [3.05, 3.63) is 52.3 Å². The summed E-state index contributed by atoms with van der Waals surface area (Å²) in [5.41, 5.74) is 1.78. The molecule has 1 aromatic carbocycles. The summed E-state index contributed by atoms with van der Waals surface area (Å²) in [5.74, 6) is 2.47. The van der Waals surface area contributed by atoms with Crippen LogP contribution in [0.4, 0.5) is 23.3 Å². The molecule has 0 spiro atoms. The minimum Gasteiger partial charge on any atom is -0.360 e. The molecular weight excluding hydrogens is 346 g/mol. The van der Waals surface area contributed by atoms with Gasteiger partial charge in [0.2, 0.25) is 5.95 Å². The molecule has 2 aromatic heterocycles. The van der Waals surface area contributed by atoms with Crippen LogP contribution in [-0.2, 0) is 0 Å². The lowest BCUT2D eigenvalue weighted by Gasteiger charge is -2.09. The molecule has 2 heterocycles. The zero-order valence-electron chi connectivity index (χ0n) is 12.1. The molecule has 7 heteroatoms. The van der Waals surface area contributed by atoms with E-state index in [-0.39, 0.29) is 0 Å². The van der Waals surface area contributed by atoms with Crippen molar-refractivity contribution in [2.75, 3.05) is 10.6 Å². The molecule has 0 aliphatic carbocycles. The fourth-order valence-corrected chi connectivity index (χ4v) is 2.34. The molecule has 0 atom stereocenters. The first-order valence-electron chi connectivity index (χ1n) is 6.67. The lowest BCUT2D eigenvalue weighted by atomic mass is 10.3.